The number of aromatic nitrogens is 2. The fraction of sp³-hybridized carbons (Fsp3) is 0.312. The van der Waals surface area contributed by atoms with Gasteiger partial charge in [-0.25, -0.2) is 9.48 Å². The van der Waals surface area contributed by atoms with Gasteiger partial charge in [-0.1, -0.05) is 29.3 Å². The summed E-state index contributed by atoms with van der Waals surface area (Å²) >= 11 is 12.4. The summed E-state index contributed by atoms with van der Waals surface area (Å²) in [6.07, 6.45) is 2.02. The van der Waals surface area contributed by atoms with Crippen LogP contribution < -0.4 is 5.32 Å². The Labute approximate surface area is 154 Å². The quantitative estimate of drug-likeness (QED) is 0.849. The van der Waals surface area contributed by atoms with E-state index < -0.39 is 11.9 Å². The van der Waals surface area contributed by atoms with Gasteiger partial charge in [0.1, 0.15) is 5.82 Å². The molecule has 1 atom stereocenters. The van der Waals surface area contributed by atoms with Crippen molar-refractivity contribution >= 4 is 41.0 Å². The van der Waals surface area contributed by atoms with E-state index in [0.717, 1.165) is 0 Å². The number of aliphatic carboxylic acids is 1. The van der Waals surface area contributed by atoms with Gasteiger partial charge >= 0.3 is 12.0 Å². The first-order chi connectivity index (χ1) is 12.0. The minimum absolute atomic E-state index is 0.200. The average molecular weight is 383 g/mol. The summed E-state index contributed by atoms with van der Waals surface area (Å²) in [4.78, 5) is 24.8. The van der Waals surface area contributed by atoms with Crippen LogP contribution in [-0.4, -0.2) is 44.9 Å². The smallest absolute Gasteiger partial charge is 0.323 e. The van der Waals surface area contributed by atoms with Crippen molar-refractivity contribution in [2.24, 2.45) is 5.92 Å². The van der Waals surface area contributed by atoms with Crippen LogP contribution in [-0.2, 0) is 11.3 Å². The van der Waals surface area contributed by atoms with Crippen LogP contribution in [0.1, 0.15) is 12.0 Å². The summed E-state index contributed by atoms with van der Waals surface area (Å²) < 4.78 is 1.58. The SMILES string of the molecule is O=C(O)C1CCN(C(=O)Nc2ccnn2Cc2c(Cl)cccc2Cl)C1. The Morgan fingerprint density at radius 2 is 2.00 bits per heavy atom. The van der Waals surface area contributed by atoms with E-state index in [1.54, 1.807) is 35.1 Å². The van der Waals surface area contributed by atoms with Gasteiger partial charge in [-0.3, -0.25) is 10.1 Å². The minimum Gasteiger partial charge on any atom is -0.481 e. The molecule has 1 aliphatic rings. The van der Waals surface area contributed by atoms with Crippen LogP contribution in [0.3, 0.4) is 0 Å². The number of carbonyl (C=O) groups is 2. The molecule has 25 heavy (non-hydrogen) atoms. The predicted molar refractivity (Wildman–Crippen MR) is 94.1 cm³/mol. The van der Waals surface area contributed by atoms with Crippen molar-refractivity contribution in [2.45, 2.75) is 13.0 Å². The molecule has 2 N–H and O–H groups in total. The Balaban J connectivity index is 1.70. The number of carboxylic acid groups (broad SMARTS) is 1. The number of urea groups is 1. The molecule has 0 aliphatic carbocycles. The molecule has 1 aromatic carbocycles. The third-order valence-electron chi connectivity index (χ3n) is 4.15. The topological polar surface area (TPSA) is 87.5 Å². The summed E-state index contributed by atoms with van der Waals surface area (Å²) in [6, 6.07) is 6.54. The normalized spacial score (nSPS) is 16.9. The maximum atomic E-state index is 12.3. The lowest BCUT2D eigenvalue weighted by molar-refractivity contribution is -0.141. The Kier molecular flexibility index (Phi) is 5.15. The fourth-order valence-corrected chi connectivity index (χ4v) is 3.25. The molecule has 3 rings (SSSR count). The number of carbonyl (C=O) groups excluding carboxylic acids is 1. The van der Waals surface area contributed by atoms with E-state index in [-0.39, 0.29) is 12.6 Å². The number of nitrogens with zero attached hydrogens (tertiary/aromatic N) is 3. The second-order valence-electron chi connectivity index (χ2n) is 5.77. The second kappa shape index (κ2) is 7.33. The van der Waals surface area contributed by atoms with Crippen molar-refractivity contribution in [3.8, 4) is 0 Å². The molecule has 0 spiro atoms. The average Bonchev–Trinajstić information content (AvgIpc) is 3.21. The van der Waals surface area contributed by atoms with Crippen molar-refractivity contribution in [1.29, 1.82) is 0 Å². The molecule has 1 fully saturated rings. The number of likely N-dealkylation sites (tertiary alicyclic amines) is 1. The predicted octanol–water partition coefficient (Wildman–Crippen LogP) is 3.18. The van der Waals surface area contributed by atoms with E-state index >= 15 is 0 Å². The van der Waals surface area contributed by atoms with Gasteiger partial charge in [-0.05, 0) is 18.6 Å². The maximum Gasteiger partial charge on any atom is 0.323 e. The largest absolute Gasteiger partial charge is 0.481 e. The van der Waals surface area contributed by atoms with Crippen LogP contribution in [0.15, 0.2) is 30.5 Å². The molecule has 1 aliphatic heterocycles. The molecule has 1 aromatic heterocycles. The summed E-state index contributed by atoms with van der Waals surface area (Å²) in [5.41, 5.74) is 0.706. The number of carboxylic acids is 1. The van der Waals surface area contributed by atoms with Crippen LogP contribution in [0.25, 0.3) is 0 Å². The van der Waals surface area contributed by atoms with E-state index in [9.17, 15) is 9.59 Å². The highest BCUT2D eigenvalue weighted by molar-refractivity contribution is 6.35. The zero-order valence-corrected chi connectivity index (χ0v) is 14.7. The van der Waals surface area contributed by atoms with Gasteiger partial charge in [0.2, 0.25) is 0 Å². The Hall–Kier alpha value is -2.25. The first-order valence-electron chi connectivity index (χ1n) is 7.69. The number of nitrogens with one attached hydrogen (secondary N) is 1. The van der Waals surface area contributed by atoms with E-state index in [1.807, 2.05) is 0 Å². The van der Waals surface area contributed by atoms with Crippen molar-refractivity contribution in [2.75, 3.05) is 18.4 Å². The summed E-state index contributed by atoms with van der Waals surface area (Å²) in [6.45, 7) is 0.914. The molecule has 1 unspecified atom stereocenters. The van der Waals surface area contributed by atoms with Crippen LogP contribution in [0, 0.1) is 5.92 Å². The molecule has 0 radical (unpaired) electrons. The first kappa shape index (κ1) is 17.6. The van der Waals surface area contributed by atoms with Crippen LogP contribution in [0.4, 0.5) is 10.6 Å². The third kappa shape index (κ3) is 3.88. The number of rotatable bonds is 4. The first-order valence-corrected chi connectivity index (χ1v) is 8.44. The second-order valence-corrected chi connectivity index (χ2v) is 6.59. The zero-order chi connectivity index (χ0) is 18.0. The van der Waals surface area contributed by atoms with Gasteiger partial charge in [0.05, 0.1) is 18.7 Å². The molecule has 1 saturated heterocycles. The van der Waals surface area contributed by atoms with E-state index in [0.29, 0.717) is 40.9 Å². The molecule has 132 valence electrons. The number of hydrogen-bond acceptors (Lipinski definition) is 3. The van der Waals surface area contributed by atoms with Crippen molar-refractivity contribution in [3.05, 3.63) is 46.1 Å². The molecule has 7 nitrogen and oxygen atoms in total. The van der Waals surface area contributed by atoms with Gasteiger partial charge in [-0.2, -0.15) is 5.10 Å². The molecule has 9 heteroatoms. The lowest BCUT2D eigenvalue weighted by Crippen LogP contribution is -2.34. The maximum absolute atomic E-state index is 12.3. The molecule has 0 saturated carbocycles. The highest BCUT2D eigenvalue weighted by Crippen LogP contribution is 2.26. The number of anilines is 1. The van der Waals surface area contributed by atoms with Crippen molar-refractivity contribution in [3.63, 3.8) is 0 Å². The Morgan fingerprint density at radius 1 is 1.28 bits per heavy atom. The monoisotopic (exact) mass is 382 g/mol. The highest BCUT2D eigenvalue weighted by atomic mass is 35.5. The Bertz CT molecular complexity index is 788. The molecule has 0 bridgehead atoms. The van der Waals surface area contributed by atoms with E-state index in [2.05, 4.69) is 10.4 Å². The minimum atomic E-state index is -0.881. The molecule has 2 amide bonds. The highest BCUT2D eigenvalue weighted by Gasteiger charge is 2.31. The molecule has 2 aromatic rings. The van der Waals surface area contributed by atoms with Crippen LogP contribution in [0.2, 0.25) is 10.0 Å². The lowest BCUT2D eigenvalue weighted by Gasteiger charge is -2.17. The number of benzene rings is 1. The van der Waals surface area contributed by atoms with E-state index in [4.69, 9.17) is 28.3 Å². The van der Waals surface area contributed by atoms with Crippen molar-refractivity contribution in [1.82, 2.24) is 14.7 Å². The number of amides is 2. The zero-order valence-electron chi connectivity index (χ0n) is 13.2. The molecular weight excluding hydrogens is 367 g/mol. The van der Waals surface area contributed by atoms with E-state index in [1.165, 1.54) is 4.90 Å². The summed E-state index contributed by atoms with van der Waals surface area (Å²) in [7, 11) is 0. The molecular formula is C16H16Cl2N4O3. The summed E-state index contributed by atoms with van der Waals surface area (Å²) in [5.74, 6) is -0.911. The summed E-state index contributed by atoms with van der Waals surface area (Å²) in [5, 5.41) is 17.0. The third-order valence-corrected chi connectivity index (χ3v) is 4.85. The fourth-order valence-electron chi connectivity index (χ4n) is 2.73. The van der Waals surface area contributed by atoms with Gasteiger partial charge in [0, 0.05) is 34.8 Å². The van der Waals surface area contributed by atoms with Gasteiger partial charge < -0.3 is 10.0 Å². The van der Waals surface area contributed by atoms with Crippen LogP contribution in [0.5, 0.6) is 0 Å². The standard InChI is InChI=1S/C16H16Cl2N4O3/c17-12-2-1-3-13(18)11(12)9-22-14(4-6-19-22)20-16(25)21-7-5-10(8-21)15(23)24/h1-4,6,10H,5,7-9H2,(H,20,25)(H,23,24). The number of hydrogen-bond donors (Lipinski definition) is 2. The van der Waals surface area contributed by atoms with Crippen molar-refractivity contribution < 1.29 is 14.7 Å². The van der Waals surface area contributed by atoms with Gasteiger partial charge in [-0.15, -0.1) is 0 Å². The van der Waals surface area contributed by atoms with Gasteiger partial charge in [0.25, 0.3) is 0 Å². The van der Waals surface area contributed by atoms with Gasteiger partial charge in [0.15, 0.2) is 0 Å². The molecule has 2 heterocycles. The number of halogens is 2. The van der Waals surface area contributed by atoms with Crippen LogP contribution >= 0.6 is 23.2 Å². The Morgan fingerprint density at radius 3 is 2.64 bits per heavy atom. The lowest BCUT2D eigenvalue weighted by atomic mass is 10.1.